The van der Waals surface area contributed by atoms with Crippen LogP contribution in [0.1, 0.15) is 49.8 Å². The van der Waals surface area contributed by atoms with Crippen LogP contribution >= 0.6 is 0 Å². The first kappa shape index (κ1) is 11.7. The van der Waals surface area contributed by atoms with E-state index in [9.17, 15) is 0 Å². The van der Waals surface area contributed by atoms with Gasteiger partial charge in [-0.05, 0) is 44.7 Å². The second-order valence-electron chi connectivity index (χ2n) is 5.19. The molecule has 0 aromatic heterocycles. The fourth-order valence-electron chi connectivity index (χ4n) is 2.53. The van der Waals surface area contributed by atoms with E-state index in [4.69, 9.17) is 0 Å². The molecule has 0 radical (unpaired) electrons. The SMILES string of the molecule is Cc1ccc([C@@H](C)NCC2CCCC2)cc1. The summed E-state index contributed by atoms with van der Waals surface area (Å²) in [4.78, 5) is 0. The molecule has 0 amide bonds. The van der Waals surface area contributed by atoms with Crippen LogP contribution in [0.2, 0.25) is 0 Å². The van der Waals surface area contributed by atoms with Crippen molar-refractivity contribution in [3.63, 3.8) is 0 Å². The first-order valence-electron chi connectivity index (χ1n) is 6.55. The van der Waals surface area contributed by atoms with Gasteiger partial charge >= 0.3 is 0 Å². The summed E-state index contributed by atoms with van der Waals surface area (Å²) in [5.74, 6) is 0.924. The molecule has 1 aliphatic rings. The molecule has 88 valence electrons. The molecule has 1 fully saturated rings. The van der Waals surface area contributed by atoms with Crippen molar-refractivity contribution in [1.82, 2.24) is 5.32 Å². The number of hydrogen-bond donors (Lipinski definition) is 1. The van der Waals surface area contributed by atoms with Gasteiger partial charge in [0.25, 0.3) is 0 Å². The molecule has 1 heteroatoms. The average Bonchev–Trinajstić information content (AvgIpc) is 2.80. The van der Waals surface area contributed by atoms with Gasteiger partial charge < -0.3 is 5.32 Å². The van der Waals surface area contributed by atoms with Crippen molar-refractivity contribution < 1.29 is 0 Å². The lowest BCUT2D eigenvalue weighted by molar-refractivity contribution is 0.452. The van der Waals surface area contributed by atoms with Crippen molar-refractivity contribution >= 4 is 0 Å². The maximum Gasteiger partial charge on any atom is 0.0291 e. The lowest BCUT2D eigenvalue weighted by Gasteiger charge is -2.17. The Labute approximate surface area is 99.3 Å². The highest BCUT2D eigenvalue weighted by Gasteiger charge is 2.15. The molecule has 1 nitrogen and oxygen atoms in total. The van der Waals surface area contributed by atoms with Crippen LogP contribution in [0.25, 0.3) is 0 Å². The molecular formula is C15H23N. The van der Waals surface area contributed by atoms with Gasteiger partial charge in [0.15, 0.2) is 0 Å². The first-order valence-corrected chi connectivity index (χ1v) is 6.55. The summed E-state index contributed by atoms with van der Waals surface area (Å²) in [5, 5.41) is 3.66. The molecule has 1 saturated carbocycles. The highest BCUT2D eigenvalue weighted by Crippen LogP contribution is 2.24. The lowest BCUT2D eigenvalue weighted by Crippen LogP contribution is -2.24. The molecule has 16 heavy (non-hydrogen) atoms. The Morgan fingerprint density at radius 2 is 1.81 bits per heavy atom. The molecule has 1 N–H and O–H groups in total. The summed E-state index contributed by atoms with van der Waals surface area (Å²) in [6.07, 6.45) is 5.72. The third-order valence-corrected chi connectivity index (χ3v) is 3.76. The molecule has 1 aromatic carbocycles. The van der Waals surface area contributed by atoms with E-state index in [0.29, 0.717) is 6.04 Å². The predicted octanol–water partition coefficient (Wildman–Crippen LogP) is 3.84. The van der Waals surface area contributed by atoms with Crippen molar-refractivity contribution in [1.29, 1.82) is 0 Å². The zero-order valence-corrected chi connectivity index (χ0v) is 10.5. The normalized spacial score (nSPS) is 18.9. The van der Waals surface area contributed by atoms with Crippen molar-refractivity contribution in [2.45, 2.75) is 45.6 Å². The zero-order valence-electron chi connectivity index (χ0n) is 10.5. The summed E-state index contributed by atoms with van der Waals surface area (Å²) in [6, 6.07) is 9.36. The first-order chi connectivity index (χ1) is 7.75. The Hall–Kier alpha value is -0.820. The van der Waals surface area contributed by atoms with Crippen LogP contribution in [0, 0.1) is 12.8 Å². The van der Waals surface area contributed by atoms with Gasteiger partial charge in [-0.3, -0.25) is 0 Å². The summed E-state index contributed by atoms with van der Waals surface area (Å²) in [7, 11) is 0. The van der Waals surface area contributed by atoms with E-state index in [-0.39, 0.29) is 0 Å². The maximum absolute atomic E-state index is 3.66. The molecule has 0 aliphatic heterocycles. The molecule has 1 atom stereocenters. The second kappa shape index (κ2) is 5.49. The van der Waals surface area contributed by atoms with E-state index in [1.54, 1.807) is 0 Å². The van der Waals surface area contributed by atoms with Gasteiger partial charge in [-0.15, -0.1) is 0 Å². The van der Waals surface area contributed by atoms with Crippen LogP contribution in [0.5, 0.6) is 0 Å². The summed E-state index contributed by atoms with van der Waals surface area (Å²) < 4.78 is 0. The zero-order chi connectivity index (χ0) is 11.4. The minimum Gasteiger partial charge on any atom is -0.310 e. The van der Waals surface area contributed by atoms with Crippen molar-refractivity contribution in [3.8, 4) is 0 Å². The number of nitrogens with one attached hydrogen (secondary N) is 1. The minimum atomic E-state index is 0.487. The Bertz CT molecular complexity index is 309. The molecule has 0 heterocycles. The van der Waals surface area contributed by atoms with E-state index in [0.717, 1.165) is 5.92 Å². The summed E-state index contributed by atoms with van der Waals surface area (Å²) >= 11 is 0. The Morgan fingerprint density at radius 1 is 1.19 bits per heavy atom. The number of rotatable bonds is 4. The average molecular weight is 217 g/mol. The van der Waals surface area contributed by atoms with E-state index < -0.39 is 0 Å². The Balaban J connectivity index is 1.82. The summed E-state index contributed by atoms with van der Waals surface area (Å²) in [6.45, 7) is 5.59. The van der Waals surface area contributed by atoms with Gasteiger partial charge in [0, 0.05) is 6.04 Å². The third-order valence-electron chi connectivity index (χ3n) is 3.76. The predicted molar refractivity (Wildman–Crippen MR) is 69.6 cm³/mol. The number of benzene rings is 1. The highest BCUT2D eigenvalue weighted by atomic mass is 14.9. The molecule has 2 rings (SSSR count). The molecule has 0 bridgehead atoms. The maximum atomic E-state index is 3.66. The topological polar surface area (TPSA) is 12.0 Å². The quantitative estimate of drug-likeness (QED) is 0.808. The van der Waals surface area contributed by atoms with Gasteiger partial charge in [-0.25, -0.2) is 0 Å². The fraction of sp³-hybridized carbons (Fsp3) is 0.600. The molecule has 1 aromatic rings. The molecular weight excluding hydrogens is 194 g/mol. The van der Waals surface area contributed by atoms with Crippen molar-refractivity contribution in [2.75, 3.05) is 6.54 Å². The standard InChI is InChI=1S/C15H23N/c1-12-7-9-15(10-8-12)13(2)16-11-14-5-3-4-6-14/h7-10,13-14,16H,3-6,11H2,1-2H3/t13-/m1/s1. The van der Waals surface area contributed by atoms with Crippen molar-refractivity contribution in [2.24, 2.45) is 5.92 Å². The van der Waals surface area contributed by atoms with E-state index in [1.807, 2.05) is 0 Å². The van der Waals surface area contributed by atoms with Crippen LogP contribution < -0.4 is 5.32 Å². The third kappa shape index (κ3) is 3.08. The van der Waals surface area contributed by atoms with Gasteiger partial charge in [-0.2, -0.15) is 0 Å². The highest BCUT2D eigenvalue weighted by molar-refractivity contribution is 5.23. The summed E-state index contributed by atoms with van der Waals surface area (Å²) in [5.41, 5.74) is 2.75. The monoisotopic (exact) mass is 217 g/mol. The van der Waals surface area contributed by atoms with Crippen LogP contribution in [-0.4, -0.2) is 6.54 Å². The van der Waals surface area contributed by atoms with Crippen LogP contribution in [0.4, 0.5) is 0 Å². The fourth-order valence-corrected chi connectivity index (χ4v) is 2.53. The lowest BCUT2D eigenvalue weighted by atomic mass is 10.0. The smallest absolute Gasteiger partial charge is 0.0291 e. The second-order valence-corrected chi connectivity index (χ2v) is 5.19. The molecule has 1 aliphatic carbocycles. The number of hydrogen-bond acceptors (Lipinski definition) is 1. The molecule has 0 unspecified atom stereocenters. The minimum absolute atomic E-state index is 0.487. The Morgan fingerprint density at radius 3 is 2.44 bits per heavy atom. The largest absolute Gasteiger partial charge is 0.310 e. The van der Waals surface area contributed by atoms with Crippen molar-refractivity contribution in [3.05, 3.63) is 35.4 Å². The van der Waals surface area contributed by atoms with E-state index in [1.165, 1.54) is 43.4 Å². The van der Waals surface area contributed by atoms with Crippen LogP contribution in [0.15, 0.2) is 24.3 Å². The van der Waals surface area contributed by atoms with Crippen LogP contribution in [0.3, 0.4) is 0 Å². The molecule has 0 saturated heterocycles. The Kier molecular flexibility index (Phi) is 4.00. The van der Waals surface area contributed by atoms with Gasteiger partial charge in [-0.1, -0.05) is 42.7 Å². The molecule has 0 spiro atoms. The van der Waals surface area contributed by atoms with E-state index in [2.05, 4.69) is 43.4 Å². The van der Waals surface area contributed by atoms with Gasteiger partial charge in [0.05, 0.1) is 0 Å². The van der Waals surface area contributed by atoms with Gasteiger partial charge in [0.1, 0.15) is 0 Å². The van der Waals surface area contributed by atoms with Crippen LogP contribution in [-0.2, 0) is 0 Å². The number of aryl methyl sites for hydroxylation is 1. The van der Waals surface area contributed by atoms with E-state index >= 15 is 0 Å². The van der Waals surface area contributed by atoms with Gasteiger partial charge in [0.2, 0.25) is 0 Å².